The number of ether oxygens (including phenoxy) is 1. The van der Waals surface area contributed by atoms with Gasteiger partial charge in [0.2, 0.25) is 5.91 Å². The molecule has 0 saturated heterocycles. The smallest absolute Gasteiger partial charge is 0.261 e. The molecule has 0 fully saturated rings. The van der Waals surface area contributed by atoms with Crippen molar-refractivity contribution in [2.75, 3.05) is 32.1 Å². The van der Waals surface area contributed by atoms with Gasteiger partial charge in [0, 0.05) is 18.9 Å². The van der Waals surface area contributed by atoms with Gasteiger partial charge in [-0.25, -0.2) is 8.78 Å². The first-order valence-corrected chi connectivity index (χ1v) is 5.36. The summed E-state index contributed by atoms with van der Waals surface area (Å²) >= 11 is 3.19. The molecule has 3 nitrogen and oxygen atoms in total. The van der Waals surface area contributed by atoms with Crippen molar-refractivity contribution in [1.82, 2.24) is 4.90 Å². The van der Waals surface area contributed by atoms with E-state index >= 15 is 0 Å². The topological polar surface area (TPSA) is 29.5 Å². The zero-order valence-corrected chi connectivity index (χ0v) is 9.60. The standard InChI is InChI=1S/C8H14BrF2NO2/c1-12(4-3-9)8(13)2-5-14-6-7(10)11/h7H,2-6H2,1H3. The molecule has 0 aromatic rings. The van der Waals surface area contributed by atoms with E-state index in [9.17, 15) is 13.6 Å². The van der Waals surface area contributed by atoms with Gasteiger partial charge < -0.3 is 9.64 Å². The summed E-state index contributed by atoms with van der Waals surface area (Å²) in [7, 11) is 1.66. The number of rotatable bonds is 7. The lowest BCUT2D eigenvalue weighted by Crippen LogP contribution is -2.29. The van der Waals surface area contributed by atoms with Crippen LogP contribution in [0.2, 0.25) is 0 Å². The molecule has 6 heteroatoms. The van der Waals surface area contributed by atoms with Crippen LogP contribution in [0.15, 0.2) is 0 Å². The van der Waals surface area contributed by atoms with E-state index in [1.807, 2.05) is 0 Å². The summed E-state index contributed by atoms with van der Waals surface area (Å²) in [5.74, 6) is -0.0984. The SMILES string of the molecule is CN(CCBr)C(=O)CCOCC(F)F. The predicted octanol–water partition coefficient (Wildman–Crippen LogP) is 1.51. The van der Waals surface area contributed by atoms with Crippen LogP contribution >= 0.6 is 15.9 Å². The second-order valence-electron chi connectivity index (χ2n) is 2.72. The van der Waals surface area contributed by atoms with E-state index in [-0.39, 0.29) is 18.9 Å². The average Bonchev–Trinajstić information content (AvgIpc) is 2.12. The average molecular weight is 274 g/mol. The van der Waals surface area contributed by atoms with Gasteiger partial charge in [-0.15, -0.1) is 0 Å². The quantitative estimate of drug-likeness (QED) is 0.520. The van der Waals surface area contributed by atoms with Crippen molar-refractivity contribution in [1.29, 1.82) is 0 Å². The molecule has 14 heavy (non-hydrogen) atoms. The molecule has 0 aliphatic carbocycles. The minimum absolute atomic E-state index is 0.0514. The fourth-order valence-corrected chi connectivity index (χ4v) is 1.31. The van der Waals surface area contributed by atoms with Gasteiger partial charge in [0.1, 0.15) is 6.61 Å². The van der Waals surface area contributed by atoms with Gasteiger partial charge in [-0.3, -0.25) is 4.79 Å². The molecule has 0 aliphatic rings. The highest BCUT2D eigenvalue weighted by molar-refractivity contribution is 9.09. The monoisotopic (exact) mass is 273 g/mol. The fourth-order valence-electron chi connectivity index (χ4n) is 0.774. The third-order valence-corrected chi connectivity index (χ3v) is 1.90. The number of hydrogen-bond acceptors (Lipinski definition) is 2. The van der Waals surface area contributed by atoms with E-state index in [0.29, 0.717) is 11.9 Å². The molecule has 84 valence electrons. The van der Waals surface area contributed by atoms with Crippen molar-refractivity contribution in [2.24, 2.45) is 0 Å². The van der Waals surface area contributed by atoms with Crippen molar-refractivity contribution in [2.45, 2.75) is 12.8 Å². The molecule has 0 saturated carbocycles. The van der Waals surface area contributed by atoms with Gasteiger partial charge in [0.15, 0.2) is 0 Å². The second kappa shape index (κ2) is 8.11. The van der Waals surface area contributed by atoms with Crippen molar-refractivity contribution < 1.29 is 18.3 Å². The van der Waals surface area contributed by atoms with Gasteiger partial charge in [-0.2, -0.15) is 0 Å². The van der Waals surface area contributed by atoms with Gasteiger partial charge >= 0.3 is 0 Å². The molecular weight excluding hydrogens is 260 g/mol. The van der Waals surface area contributed by atoms with E-state index < -0.39 is 13.0 Å². The number of amides is 1. The number of hydrogen-bond donors (Lipinski definition) is 0. The third-order valence-electron chi connectivity index (χ3n) is 1.55. The number of carbonyl (C=O) groups is 1. The Bertz CT molecular complexity index is 169. The largest absolute Gasteiger partial charge is 0.375 e. The highest BCUT2D eigenvalue weighted by Gasteiger charge is 2.08. The molecule has 0 unspecified atom stereocenters. The molecule has 0 N–H and O–H groups in total. The maximum Gasteiger partial charge on any atom is 0.261 e. The van der Waals surface area contributed by atoms with E-state index in [1.165, 1.54) is 4.90 Å². The summed E-state index contributed by atoms with van der Waals surface area (Å²) in [6, 6.07) is 0. The van der Waals surface area contributed by atoms with Crippen molar-refractivity contribution in [3.05, 3.63) is 0 Å². The Morgan fingerprint density at radius 2 is 2.21 bits per heavy atom. The Morgan fingerprint density at radius 1 is 1.57 bits per heavy atom. The molecular formula is C8H14BrF2NO2. The molecule has 0 heterocycles. The number of carbonyl (C=O) groups excluding carboxylic acids is 1. The highest BCUT2D eigenvalue weighted by Crippen LogP contribution is 1.96. The third kappa shape index (κ3) is 7.20. The Labute approximate surface area is 90.5 Å². The summed E-state index contributed by atoms with van der Waals surface area (Å²) in [4.78, 5) is 12.7. The molecule has 0 spiro atoms. The number of alkyl halides is 3. The zero-order chi connectivity index (χ0) is 11.0. The van der Waals surface area contributed by atoms with Crippen LogP contribution in [0, 0.1) is 0 Å². The van der Waals surface area contributed by atoms with E-state index in [4.69, 9.17) is 0 Å². The molecule has 0 aliphatic heterocycles. The Hall–Kier alpha value is -0.230. The molecule has 0 atom stereocenters. The van der Waals surface area contributed by atoms with Crippen molar-refractivity contribution >= 4 is 21.8 Å². The number of halogens is 3. The first kappa shape index (κ1) is 13.8. The Balaban J connectivity index is 3.44. The van der Waals surface area contributed by atoms with Gasteiger partial charge in [0.25, 0.3) is 6.43 Å². The predicted molar refractivity (Wildman–Crippen MR) is 52.9 cm³/mol. The lowest BCUT2D eigenvalue weighted by molar-refractivity contribution is -0.131. The molecule has 1 amide bonds. The zero-order valence-electron chi connectivity index (χ0n) is 8.01. The van der Waals surface area contributed by atoms with Gasteiger partial charge in [-0.05, 0) is 0 Å². The Kier molecular flexibility index (Phi) is 7.98. The van der Waals surface area contributed by atoms with Crippen LogP contribution < -0.4 is 0 Å². The lowest BCUT2D eigenvalue weighted by Gasteiger charge is -2.15. The Morgan fingerprint density at radius 3 is 2.71 bits per heavy atom. The minimum Gasteiger partial charge on any atom is -0.375 e. The molecule has 0 aromatic heterocycles. The van der Waals surface area contributed by atoms with Crippen LogP contribution in [0.3, 0.4) is 0 Å². The summed E-state index contributed by atoms with van der Waals surface area (Å²) in [5.41, 5.74) is 0. The van der Waals surface area contributed by atoms with Crippen molar-refractivity contribution in [3.8, 4) is 0 Å². The van der Waals surface area contributed by atoms with Crippen LogP contribution in [0.5, 0.6) is 0 Å². The van der Waals surface area contributed by atoms with Crippen LogP contribution in [-0.2, 0) is 9.53 Å². The molecule has 0 aromatic carbocycles. The molecule has 0 rings (SSSR count). The summed E-state index contributed by atoms with van der Waals surface area (Å²) < 4.78 is 27.8. The highest BCUT2D eigenvalue weighted by atomic mass is 79.9. The van der Waals surface area contributed by atoms with E-state index in [0.717, 1.165) is 0 Å². The van der Waals surface area contributed by atoms with Crippen LogP contribution in [0.4, 0.5) is 8.78 Å². The van der Waals surface area contributed by atoms with Crippen LogP contribution in [-0.4, -0.2) is 49.4 Å². The molecule has 0 bridgehead atoms. The maximum absolute atomic E-state index is 11.6. The van der Waals surface area contributed by atoms with E-state index in [1.54, 1.807) is 7.05 Å². The number of nitrogens with zero attached hydrogens (tertiary/aromatic N) is 1. The lowest BCUT2D eigenvalue weighted by atomic mass is 10.4. The first-order valence-electron chi connectivity index (χ1n) is 4.23. The van der Waals surface area contributed by atoms with Gasteiger partial charge in [-0.1, -0.05) is 15.9 Å². The molecule has 0 radical (unpaired) electrons. The van der Waals surface area contributed by atoms with Gasteiger partial charge in [0.05, 0.1) is 13.0 Å². The summed E-state index contributed by atoms with van der Waals surface area (Å²) in [5, 5.41) is 0.702. The van der Waals surface area contributed by atoms with E-state index in [2.05, 4.69) is 20.7 Å². The van der Waals surface area contributed by atoms with Crippen LogP contribution in [0.1, 0.15) is 6.42 Å². The summed E-state index contributed by atoms with van der Waals surface area (Å²) in [6.07, 6.45) is -2.32. The minimum atomic E-state index is -2.47. The normalized spacial score (nSPS) is 10.6. The fraction of sp³-hybridized carbons (Fsp3) is 0.875. The van der Waals surface area contributed by atoms with Crippen molar-refractivity contribution in [3.63, 3.8) is 0 Å². The summed E-state index contributed by atoms with van der Waals surface area (Å²) in [6.45, 7) is 0.0545. The maximum atomic E-state index is 11.6. The first-order chi connectivity index (χ1) is 6.57. The van der Waals surface area contributed by atoms with Crippen LogP contribution in [0.25, 0.3) is 0 Å². The second-order valence-corrected chi connectivity index (χ2v) is 3.51.